The predicted molar refractivity (Wildman–Crippen MR) is 55.4 cm³/mol. The molecule has 0 aromatic heterocycles. The molecule has 1 aromatic carbocycles. The van der Waals surface area contributed by atoms with Crippen LogP contribution in [0.15, 0.2) is 23.1 Å². The monoisotopic (exact) mass is 182 g/mol. The Kier molecular flexibility index (Phi) is 3.44. The molecule has 0 fully saturated rings. The molecule has 0 saturated heterocycles. The lowest BCUT2D eigenvalue weighted by molar-refractivity contribution is 1.11. The van der Waals surface area contributed by atoms with E-state index in [2.05, 4.69) is 30.7 Å². The Bertz CT molecular complexity index is 261. The van der Waals surface area contributed by atoms with Gasteiger partial charge in [0.25, 0.3) is 0 Å². The maximum atomic E-state index is 5.36. The number of nitrogen functional groups attached to an aromatic ring is 1. The zero-order valence-corrected chi connectivity index (χ0v) is 8.24. The number of benzene rings is 1. The summed E-state index contributed by atoms with van der Waals surface area (Å²) in [6.45, 7) is 2.13. The molecule has 0 unspecified atom stereocenters. The highest BCUT2D eigenvalue weighted by Crippen LogP contribution is 2.22. The standard InChI is InChI=1S/C9H14N2S/c1-3-7-6-8(12-2)4-5-9(7)11-10/h4-6,11H,3,10H2,1-2H3. The third-order valence-electron chi connectivity index (χ3n) is 1.85. The second-order valence-corrected chi connectivity index (χ2v) is 3.40. The lowest BCUT2D eigenvalue weighted by Gasteiger charge is -2.07. The molecule has 0 bridgehead atoms. The van der Waals surface area contributed by atoms with Crippen molar-refractivity contribution in [2.45, 2.75) is 18.2 Å². The summed E-state index contributed by atoms with van der Waals surface area (Å²) in [6.07, 6.45) is 3.08. The predicted octanol–water partition coefficient (Wildman–Crippen LogP) is 2.26. The normalized spacial score (nSPS) is 9.92. The van der Waals surface area contributed by atoms with Gasteiger partial charge in [0.2, 0.25) is 0 Å². The molecule has 66 valence electrons. The average molecular weight is 182 g/mol. The second-order valence-electron chi connectivity index (χ2n) is 2.52. The number of nitrogens with one attached hydrogen (secondary N) is 1. The molecule has 1 rings (SSSR count). The number of anilines is 1. The third kappa shape index (κ3) is 1.93. The van der Waals surface area contributed by atoms with Crippen LogP contribution in [0, 0.1) is 0 Å². The molecule has 2 nitrogen and oxygen atoms in total. The first-order valence-corrected chi connectivity index (χ1v) is 5.17. The zero-order chi connectivity index (χ0) is 8.97. The molecule has 0 aliphatic heterocycles. The number of rotatable bonds is 3. The van der Waals surface area contributed by atoms with Crippen LogP contribution in [0.2, 0.25) is 0 Å². The van der Waals surface area contributed by atoms with E-state index in [0.29, 0.717) is 0 Å². The van der Waals surface area contributed by atoms with Crippen LogP contribution in [-0.4, -0.2) is 6.26 Å². The van der Waals surface area contributed by atoms with Crippen molar-refractivity contribution in [3.05, 3.63) is 23.8 Å². The Labute approximate surface area is 77.5 Å². The number of hydrogen-bond donors (Lipinski definition) is 2. The first kappa shape index (κ1) is 9.42. The van der Waals surface area contributed by atoms with Gasteiger partial charge >= 0.3 is 0 Å². The van der Waals surface area contributed by atoms with Gasteiger partial charge in [0, 0.05) is 4.90 Å². The van der Waals surface area contributed by atoms with Crippen molar-refractivity contribution in [2.75, 3.05) is 11.7 Å². The van der Waals surface area contributed by atoms with Gasteiger partial charge in [-0.2, -0.15) is 0 Å². The fraction of sp³-hybridized carbons (Fsp3) is 0.333. The van der Waals surface area contributed by atoms with Crippen molar-refractivity contribution in [1.29, 1.82) is 0 Å². The molecule has 12 heavy (non-hydrogen) atoms. The van der Waals surface area contributed by atoms with Crippen LogP contribution >= 0.6 is 11.8 Å². The van der Waals surface area contributed by atoms with Crippen molar-refractivity contribution in [3.63, 3.8) is 0 Å². The summed E-state index contributed by atoms with van der Waals surface area (Å²) in [4.78, 5) is 1.28. The Morgan fingerprint density at radius 3 is 2.75 bits per heavy atom. The van der Waals surface area contributed by atoms with Crippen LogP contribution in [0.4, 0.5) is 5.69 Å². The summed E-state index contributed by atoms with van der Waals surface area (Å²) in [7, 11) is 0. The van der Waals surface area contributed by atoms with Crippen molar-refractivity contribution in [2.24, 2.45) is 5.84 Å². The first-order valence-electron chi connectivity index (χ1n) is 3.95. The minimum atomic E-state index is 1.01. The van der Waals surface area contributed by atoms with E-state index in [0.717, 1.165) is 12.1 Å². The summed E-state index contributed by atoms with van der Waals surface area (Å²) >= 11 is 1.75. The van der Waals surface area contributed by atoms with Crippen LogP contribution < -0.4 is 11.3 Å². The smallest absolute Gasteiger partial charge is 0.0517 e. The maximum absolute atomic E-state index is 5.36. The molecule has 0 heterocycles. The van der Waals surface area contributed by atoms with Gasteiger partial charge in [-0.15, -0.1) is 11.8 Å². The molecule has 0 saturated carbocycles. The van der Waals surface area contributed by atoms with Crippen molar-refractivity contribution >= 4 is 17.4 Å². The van der Waals surface area contributed by atoms with E-state index in [9.17, 15) is 0 Å². The minimum Gasteiger partial charge on any atom is -0.324 e. The highest BCUT2D eigenvalue weighted by atomic mass is 32.2. The van der Waals surface area contributed by atoms with Crippen molar-refractivity contribution in [1.82, 2.24) is 0 Å². The van der Waals surface area contributed by atoms with Gasteiger partial charge in [0.05, 0.1) is 5.69 Å². The van der Waals surface area contributed by atoms with Crippen LogP contribution in [0.1, 0.15) is 12.5 Å². The van der Waals surface area contributed by atoms with E-state index in [1.807, 2.05) is 6.07 Å². The van der Waals surface area contributed by atoms with Gasteiger partial charge in [0.1, 0.15) is 0 Å². The van der Waals surface area contributed by atoms with E-state index in [1.54, 1.807) is 11.8 Å². The molecular formula is C9H14N2S. The molecule has 3 N–H and O–H groups in total. The summed E-state index contributed by atoms with van der Waals surface area (Å²) in [5.41, 5.74) is 4.98. The molecule has 0 aliphatic carbocycles. The summed E-state index contributed by atoms with van der Waals surface area (Å²) < 4.78 is 0. The van der Waals surface area contributed by atoms with E-state index in [1.165, 1.54) is 10.5 Å². The molecule has 0 radical (unpaired) electrons. The largest absolute Gasteiger partial charge is 0.324 e. The first-order chi connectivity index (χ1) is 5.81. The fourth-order valence-electron chi connectivity index (χ4n) is 1.13. The maximum Gasteiger partial charge on any atom is 0.0517 e. The third-order valence-corrected chi connectivity index (χ3v) is 2.57. The topological polar surface area (TPSA) is 38.0 Å². The fourth-order valence-corrected chi connectivity index (χ4v) is 1.59. The van der Waals surface area contributed by atoms with Gasteiger partial charge in [-0.25, -0.2) is 0 Å². The van der Waals surface area contributed by atoms with E-state index in [4.69, 9.17) is 5.84 Å². The van der Waals surface area contributed by atoms with E-state index in [-0.39, 0.29) is 0 Å². The Balaban J connectivity index is 3.02. The van der Waals surface area contributed by atoms with Crippen molar-refractivity contribution in [3.8, 4) is 0 Å². The van der Waals surface area contributed by atoms with Crippen molar-refractivity contribution < 1.29 is 0 Å². The van der Waals surface area contributed by atoms with Gasteiger partial charge < -0.3 is 5.43 Å². The van der Waals surface area contributed by atoms with E-state index >= 15 is 0 Å². The summed E-state index contributed by atoms with van der Waals surface area (Å²) in [6, 6.07) is 6.25. The number of nitrogens with two attached hydrogens (primary N) is 1. The number of aryl methyl sites for hydroxylation is 1. The number of thioether (sulfide) groups is 1. The number of hydrogen-bond acceptors (Lipinski definition) is 3. The van der Waals surface area contributed by atoms with Gasteiger partial charge in [-0.3, -0.25) is 5.84 Å². The summed E-state index contributed by atoms with van der Waals surface area (Å²) in [5.74, 6) is 5.36. The molecule has 0 amide bonds. The second kappa shape index (κ2) is 4.38. The summed E-state index contributed by atoms with van der Waals surface area (Å²) in [5, 5.41) is 0. The highest BCUT2D eigenvalue weighted by Gasteiger charge is 1.99. The van der Waals surface area contributed by atoms with Crippen LogP contribution in [0.5, 0.6) is 0 Å². The van der Waals surface area contributed by atoms with Gasteiger partial charge in [-0.1, -0.05) is 6.92 Å². The quantitative estimate of drug-likeness (QED) is 0.428. The zero-order valence-electron chi connectivity index (χ0n) is 7.42. The average Bonchev–Trinajstić information content (AvgIpc) is 2.16. The minimum absolute atomic E-state index is 1.01. The Morgan fingerprint density at radius 1 is 1.50 bits per heavy atom. The lowest BCUT2D eigenvalue weighted by atomic mass is 10.1. The molecular weight excluding hydrogens is 168 g/mol. The van der Waals surface area contributed by atoms with Crippen LogP contribution in [-0.2, 0) is 6.42 Å². The van der Waals surface area contributed by atoms with Crippen LogP contribution in [0.3, 0.4) is 0 Å². The Morgan fingerprint density at radius 2 is 2.25 bits per heavy atom. The molecule has 1 aromatic rings. The van der Waals surface area contributed by atoms with E-state index < -0.39 is 0 Å². The Hall–Kier alpha value is -0.670. The van der Waals surface area contributed by atoms with Crippen LogP contribution in [0.25, 0.3) is 0 Å². The van der Waals surface area contributed by atoms with Gasteiger partial charge in [-0.05, 0) is 36.4 Å². The highest BCUT2D eigenvalue weighted by molar-refractivity contribution is 7.98. The lowest BCUT2D eigenvalue weighted by Crippen LogP contribution is -2.08. The number of hydrazine groups is 1. The van der Waals surface area contributed by atoms with Gasteiger partial charge in [0.15, 0.2) is 0 Å². The SMILES string of the molecule is CCc1cc(SC)ccc1NN. The molecule has 0 aliphatic rings. The molecule has 0 spiro atoms. The molecule has 0 atom stereocenters. The molecule has 3 heteroatoms.